The van der Waals surface area contributed by atoms with E-state index in [2.05, 4.69) is 15.0 Å². The number of aromatic amines is 1. The van der Waals surface area contributed by atoms with Gasteiger partial charge in [-0.3, -0.25) is 4.79 Å². The number of hydrogen-bond acceptors (Lipinski definition) is 5. The molecule has 0 saturated heterocycles. The molecular weight excluding hydrogens is 384 g/mol. The van der Waals surface area contributed by atoms with Gasteiger partial charge >= 0.3 is 0 Å². The lowest BCUT2D eigenvalue weighted by molar-refractivity contribution is 0.0687. The smallest absolute Gasteiger partial charge is 0.283 e. The standard InChI is InChI=1S/C21H16N6OS/c28-21(20-24-14-6-1-2-7-17(14)29-20)26-10-8-15-18(23-12-22-15)19(26)16-11-13-5-3-4-9-27(13)25-16/h1-7,9,11-12,19H,8,10H2,(H,22,23)/t19-/m1/s1. The van der Waals surface area contributed by atoms with Gasteiger partial charge in [-0.1, -0.05) is 18.2 Å². The van der Waals surface area contributed by atoms with Crippen molar-refractivity contribution < 1.29 is 4.79 Å². The number of amides is 1. The average Bonchev–Trinajstić information content (AvgIpc) is 3.49. The van der Waals surface area contributed by atoms with Crippen molar-refractivity contribution in [3.05, 3.63) is 83.1 Å². The van der Waals surface area contributed by atoms with Crippen LogP contribution in [0.5, 0.6) is 0 Å². The molecule has 1 aromatic carbocycles. The first kappa shape index (κ1) is 16.4. The molecule has 0 spiro atoms. The minimum Gasteiger partial charge on any atom is -0.348 e. The number of nitrogens with zero attached hydrogens (tertiary/aromatic N) is 5. The van der Waals surface area contributed by atoms with Crippen LogP contribution >= 0.6 is 11.3 Å². The number of pyridine rings is 1. The minimum atomic E-state index is -0.343. The van der Waals surface area contributed by atoms with Gasteiger partial charge in [0.1, 0.15) is 6.04 Å². The van der Waals surface area contributed by atoms with Gasteiger partial charge in [0, 0.05) is 24.9 Å². The number of benzene rings is 1. The Morgan fingerprint density at radius 3 is 2.97 bits per heavy atom. The predicted molar refractivity (Wildman–Crippen MR) is 110 cm³/mol. The van der Waals surface area contributed by atoms with Crippen LogP contribution in [0.15, 0.2) is 61.1 Å². The molecule has 1 N–H and O–H groups in total. The van der Waals surface area contributed by atoms with Gasteiger partial charge in [-0.25, -0.2) is 14.5 Å². The Bertz CT molecular complexity index is 1300. The van der Waals surface area contributed by atoms with Gasteiger partial charge in [0.15, 0.2) is 5.01 Å². The summed E-state index contributed by atoms with van der Waals surface area (Å²) in [5, 5.41) is 5.23. The highest BCUT2D eigenvalue weighted by molar-refractivity contribution is 7.20. The first-order valence-electron chi connectivity index (χ1n) is 9.41. The molecule has 5 heterocycles. The second-order valence-corrected chi connectivity index (χ2v) is 8.07. The molecule has 0 aliphatic carbocycles. The fourth-order valence-electron chi connectivity index (χ4n) is 3.97. The summed E-state index contributed by atoms with van der Waals surface area (Å²) >= 11 is 1.43. The van der Waals surface area contributed by atoms with Crippen LogP contribution in [0.2, 0.25) is 0 Å². The fraction of sp³-hybridized carbons (Fsp3) is 0.143. The Kier molecular flexibility index (Phi) is 3.54. The van der Waals surface area contributed by atoms with Crippen molar-refractivity contribution in [2.24, 2.45) is 0 Å². The van der Waals surface area contributed by atoms with Gasteiger partial charge in [0.05, 0.1) is 33.4 Å². The normalized spacial score (nSPS) is 16.4. The Hall–Kier alpha value is -3.52. The third kappa shape index (κ3) is 2.56. The van der Waals surface area contributed by atoms with Gasteiger partial charge in [0.25, 0.3) is 5.91 Å². The highest BCUT2D eigenvalue weighted by Gasteiger charge is 2.37. The minimum absolute atomic E-state index is 0.0816. The number of para-hydroxylation sites is 1. The summed E-state index contributed by atoms with van der Waals surface area (Å²) in [5.41, 5.74) is 4.55. The first-order chi connectivity index (χ1) is 14.3. The average molecular weight is 400 g/mol. The molecule has 0 radical (unpaired) electrons. The molecule has 7 nitrogen and oxygen atoms in total. The Balaban J connectivity index is 1.47. The van der Waals surface area contributed by atoms with E-state index >= 15 is 0 Å². The highest BCUT2D eigenvalue weighted by atomic mass is 32.1. The fourth-order valence-corrected chi connectivity index (χ4v) is 4.89. The zero-order chi connectivity index (χ0) is 19.4. The van der Waals surface area contributed by atoms with Crippen LogP contribution in [-0.2, 0) is 6.42 Å². The Labute approximate surface area is 169 Å². The monoisotopic (exact) mass is 400 g/mol. The van der Waals surface area contributed by atoms with Crippen molar-refractivity contribution in [1.82, 2.24) is 29.5 Å². The maximum atomic E-state index is 13.5. The lowest BCUT2D eigenvalue weighted by Gasteiger charge is -2.33. The van der Waals surface area contributed by atoms with Crippen LogP contribution in [0, 0.1) is 0 Å². The lowest BCUT2D eigenvalue weighted by Crippen LogP contribution is -2.41. The molecule has 0 unspecified atom stereocenters. The topological polar surface area (TPSA) is 79.2 Å². The van der Waals surface area contributed by atoms with Crippen molar-refractivity contribution in [1.29, 1.82) is 0 Å². The van der Waals surface area contributed by atoms with Gasteiger partial charge in [-0.05, 0) is 30.3 Å². The van der Waals surface area contributed by atoms with E-state index in [1.807, 2.05) is 64.1 Å². The number of aromatic nitrogens is 5. The molecule has 0 saturated carbocycles. The zero-order valence-corrected chi connectivity index (χ0v) is 16.1. The van der Waals surface area contributed by atoms with Crippen molar-refractivity contribution >= 4 is 33.0 Å². The van der Waals surface area contributed by atoms with Crippen molar-refractivity contribution in [2.75, 3.05) is 6.54 Å². The molecule has 142 valence electrons. The second kappa shape index (κ2) is 6.25. The largest absolute Gasteiger partial charge is 0.348 e. The third-order valence-electron chi connectivity index (χ3n) is 5.33. The van der Waals surface area contributed by atoms with E-state index < -0.39 is 0 Å². The second-order valence-electron chi connectivity index (χ2n) is 7.04. The number of carbonyl (C=O) groups excluding carboxylic acids is 1. The molecule has 1 amide bonds. The van der Waals surface area contributed by atoms with Crippen LogP contribution in [-0.4, -0.2) is 41.9 Å². The van der Waals surface area contributed by atoms with Crippen LogP contribution in [0.4, 0.5) is 0 Å². The van der Waals surface area contributed by atoms with Crippen LogP contribution < -0.4 is 0 Å². The van der Waals surface area contributed by atoms with Crippen LogP contribution in [0.3, 0.4) is 0 Å². The molecule has 0 fully saturated rings. The van der Waals surface area contributed by atoms with E-state index in [0.29, 0.717) is 11.6 Å². The van der Waals surface area contributed by atoms with Crippen LogP contribution in [0.1, 0.15) is 32.9 Å². The third-order valence-corrected chi connectivity index (χ3v) is 6.36. The molecule has 0 bridgehead atoms. The van der Waals surface area contributed by atoms with Gasteiger partial charge < -0.3 is 9.88 Å². The Morgan fingerprint density at radius 1 is 1.17 bits per heavy atom. The van der Waals surface area contributed by atoms with Crippen molar-refractivity contribution in [2.45, 2.75) is 12.5 Å². The number of fused-ring (bicyclic) bond motifs is 3. The van der Waals surface area contributed by atoms with E-state index in [9.17, 15) is 4.79 Å². The Morgan fingerprint density at radius 2 is 2.07 bits per heavy atom. The number of carbonyl (C=O) groups is 1. The summed E-state index contributed by atoms with van der Waals surface area (Å²) in [7, 11) is 0. The maximum Gasteiger partial charge on any atom is 0.283 e. The van der Waals surface area contributed by atoms with E-state index in [1.165, 1.54) is 11.3 Å². The SMILES string of the molecule is O=C(c1nc2ccccc2s1)N1CCc2[nH]cnc2[C@H]1c1cc2ccccn2n1. The van der Waals surface area contributed by atoms with Gasteiger partial charge in [0.2, 0.25) is 0 Å². The first-order valence-corrected chi connectivity index (χ1v) is 10.2. The van der Waals surface area contributed by atoms with E-state index in [4.69, 9.17) is 5.10 Å². The number of hydrogen-bond donors (Lipinski definition) is 1. The molecule has 6 rings (SSSR count). The quantitative estimate of drug-likeness (QED) is 0.492. The zero-order valence-electron chi connectivity index (χ0n) is 15.3. The summed E-state index contributed by atoms with van der Waals surface area (Å²) in [5.74, 6) is -0.0816. The van der Waals surface area contributed by atoms with Crippen molar-refractivity contribution in [3.8, 4) is 0 Å². The van der Waals surface area contributed by atoms with Crippen LogP contribution in [0.25, 0.3) is 15.7 Å². The summed E-state index contributed by atoms with van der Waals surface area (Å²) in [4.78, 5) is 27.7. The summed E-state index contributed by atoms with van der Waals surface area (Å²) < 4.78 is 2.84. The predicted octanol–water partition coefficient (Wildman–Crippen LogP) is 3.46. The molecule has 1 atom stereocenters. The highest BCUT2D eigenvalue weighted by Crippen LogP contribution is 2.35. The summed E-state index contributed by atoms with van der Waals surface area (Å²) in [6.07, 6.45) is 4.34. The molecular formula is C21H16N6OS. The number of H-pyrrole nitrogens is 1. The summed E-state index contributed by atoms with van der Waals surface area (Å²) in [6.45, 7) is 0.586. The van der Waals surface area contributed by atoms with E-state index in [1.54, 1.807) is 6.33 Å². The number of nitrogens with one attached hydrogen (secondary N) is 1. The van der Waals surface area contributed by atoms with E-state index in [0.717, 1.165) is 39.2 Å². The number of thiazole rings is 1. The maximum absolute atomic E-state index is 13.5. The molecule has 29 heavy (non-hydrogen) atoms. The van der Waals surface area contributed by atoms with E-state index in [-0.39, 0.29) is 11.9 Å². The summed E-state index contributed by atoms with van der Waals surface area (Å²) in [6, 6.07) is 15.4. The van der Waals surface area contributed by atoms with Crippen molar-refractivity contribution in [3.63, 3.8) is 0 Å². The molecule has 4 aromatic heterocycles. The number of rotatable bonds is 2. The molecule has 1 aliphatic heterocycles. The van der Waals surface area contributed by atoms with Gasteiger partial charge in [-0.15, -0.1) is 11.3 Å². The number of imidazole rings is 1. The molecule has 5 aromatic rings. The molecule has 1 aliphatic rings. The van der Waals surface area contributed by atoms with Gasteiger partial charge in [-0.2, -0.15) is 5.10 Å². The lowest BCUT2D eigenvalue weighted by atomic mass is 9.99. The molecule has 8 heteroatoms.